The highest BCUT2D eigenvalue weighted by Gasteiger charge is 2.33. The van der Waals surface area contributed by atoms with Crippen molar-refractivity contribution in [2.75, 3.05) is 5.32 Å². The largest absolute Gasteiger partial charge is 0.418 e. The van der Waals surface area contributed by atoms with E-state index in [1.165, 1.54) is 18.2 Å². The Hall–Kier alpha value is -1.60. The molecule has 1 N–H and O–H groups in total. The lowest BCUT2D eigenvalue weighted by Gasteiger charge is -2.13. The van der Waals surface area contributed by atoms with Crippen molar-refractivity contribution < 1.29 is 18.0 Å². The van der Waals surface area contributed by atoms with Gasteiger partial charge in [0.15, 0.2) is 4.47 Å². The third-order valence-electron chi connectivity index (χ3n) is 2.46. The molecule has 0 unspecified atom stereocenters. The van der Waals surface area contributed by atoms with Crippen LogP contribution in [0, 0.1) is 6.92 Å². The highest BCUT2D eigenvalue weighted by molar-refractivity contribution is 7.17. The number of amides is 1. The summed E-state index contributed by atoms with van der Waals surface area (Å²) in [6.45, 7) is 1.56. The van der Waals surface area contributed by atoms with Crippen molar-refractivity contribution in [1.29, 1.82) is 0 Å². The van der Waals surface area contributed by atoms with Gasteiger partial charge in [-0.3, -0.25) is 4.79 Å². The van der Waals surface area contributed by atoms with Crippen molar-refractivity contribution in [2.45, 2.75) is 13.1 Å². The van der Waals surface area contributed by atoms with Crippen LogP contribution in [0.4, 0.5) is 18.9 Å². The number of aryl methyl sites for hydroxylation is 1. The molecular formula is C12H8ClF3N2OS. The van der Waals surface area contributed by atoms with Crippen LogP contribution in [-0.2, 0) is 6.18 Å². The van der Waals surface area contributed by atoms with E-state index in [4.69, 9.17) is 11.6 Å². The first-order valence-electron chi connectivity index (χ1n) is 5.39. The number of thiazole rings is 1. The number of aromatic nitrogens is 1. The number of nitrogens with one attached hydrogen (secondary N) is 1. The van der Waals surface area contributed by atoms with Gasteiger partial charge in [-0.25, -0.2) is 4.98 Å². The average molecular weight is 321 g/mol. The summed E-state index contributed by atoms with van der Waals surface area (Å²) in [6.07, 6.45) is -4.54. The smallest absolute Gasteiger partial charge is 0.321 e. The molecule has 2 rings (SSSR count). The lowest BCUT2D eigenvalue weighted by molar-refractivity contribution is -0.136. The van der Waals surface area contributed by atoms with E-state index in [1.807, 2.05) is 0 Å². The van der Waals surface area contributed by atoms with Crippen molar-refractivity contribution >= 4 is 34.5 Å². The van der Waals surface area contributed by atoms with Gasteiger partial charge >= 0.3 is 6.18 Å². The maximum atomic E-state index is 12.8. The van der Waals surface area contributed by atoms with Crippen molar-refractivity contribution in [3.05, 3.63) is 44.9 Å². The minimum atomic E-state index is -4.54. The summed E-state index contributed by atoms with van der Waals surface area (Å²) in [5, 5.41) is 2.24. The number of hydrogen-bond acceptors (Lipinski definition) is 3. The van der Waals surface area contributed by atoms with Crippen LogP contribution in [-0.4, -0.2) is 10.9 Å². The number of nitrogens with zero attached hydrogens (tertiary/aromatic N) is 1. The zero-order valence-electron chi connectivity index (χ0n) is 10.1. The molecule has 0 bridgehead atoms. The van der Waals surface area contributed by atoms with E-state index in [1.54, 1.807) is 6.92 Å². The number of carbonyl (C=O) groups excluding carboxylic acids is 1. The van der Waals surface area contributed by atoms with Gasteiger partial charge in [-0.05, 0) is 19.1 Å². The van der Waals surface area contributed by atoms with Gasteiger partial charge in [-0.2, -0.15) is 13.2 Å². The number of halogens is 4. The van der Waals surface area contributed by atoms with Gasteiger partial charge in [-0.1, -0.05) is 35.1 Å². The number of hydrogen-bond donors (Lipinski definition) is 1. The Balaban J connectivity index is 2.31. The lowest BCUT2D eigenvalue weighted by atomic mass is 10.1. The summed E-state index contributed by atoms with van der Waals surface area (Å²) < 4.78 is 38.6. The molecule has 1 heterocycles. The summed E-state index contributed by atoms with van der Waals surface area (Å²) in [5.74, 6) is -0.663. The second-order valence-electron chi connectivity index (χ2n) is 3.88. The lowest BCUT2D eigenvalue weighted by Crippen LogP contribution is -2.16. The zero-order chi connectivity index (χ0) is 14.9. The van der Waals surface area contributed by atoms with Gasteiger partial charge < -0.3 is 5.32 Å². The highest BCUT2D eigenvalue weighted by atomic mass is 35.5. The van der Waals surface area contributed by atoms with Crippen LogP contribution in [0.3, 0.4) is 0 Å². The van der Waals surface area contributed by atoms with Crippen molar-refractivity contribution in [3.63, 3.8) is 0 Å². The predicted octanol–water partition coefficient (Wildman–Crippen LogP) is 4.38. The first-order valence-corrected chi connectivity index (χ1v) is 6.59. The third kappa shape index (κ3) is 3.10. The molecular weight excluding hydrogens is 313 g/mol. The van der Waals surface area contributed by atoms with Gasteiger partial charge in [0, 0.05) is 0 Å². The molecule has 0 aliphatic rings. The Morgan fingerprint density at radius 1 is 1.35 bits per heavy atom. The average Bonchev–Trinajstić information content (AvgIpc) is 2.68. The zero-order valence-corrected chi connectivity index (χ0v) is 11.7. The monoisotopic (exact) mass is 320 g/mol. The number of carbonyl (C=O) groups is 1. The number of benzene rings is 1. The summed E-state index contributed by atoms with van der Waals surface area (Å²) >= 11 is 6.58. The van der Waals surface area contributed by atoms with E-state index in [-0.39, 0.29) is 15.0 Å². The number of rotatable bonds is 2. The van der Waals surface area contributed by atoms with Crippen molar-refractivity contribution in [2.24, 2.45) is 0 Å². The van der Waals surface area contributed by atoms with Crippen molar-refractivity contribution in [1.82, 2.24) is 4.98 Å². The molecule has 0 aliphatic carbocycles. The molecule has 0 radical (unpaired) electrons. The molecule has 0 saturated heterocycles. The normalized spacial score (nSPS) is 11.4. The predicted molar refractivity (Wildman–Crippen MR) is 71.3 cm³/mol. The molecule has 1 aromatic carbocycles. The fraction of sp³-hybridized carbons (Fsp3) is 0.167. The Morgan fingerprint density at radius 3 is 2.55 bits per heavy atom. The standard InChI is InChI=1S/C12H8ClF3N2OS/c1-6-9(20-11(13)17-6)10(19)18-8-5-3-2-4-7(8)12(14,15)16/h2-5H,1H3,(H,18,19). The molecule has 1 amide bonds. The summed E-state index contributed by atoms with van der Waals surface area (Å²) in [4.78, 5) is 16.0. The second-order valence-corrected chi connectivity index (χ2v) is 5.46. The summed E-state index contributed by atoms with van der Waals surface area (Å²) in [6, 6.07) is 4.77. The van der Waals surface area contributed by atoms with Crippen LogP contribution < -0.4 is 5.32 Å². The molecule has 0 aliphatic heterocycles. The molecule has 0 atom stereocenters. The highest BCUT2D eigenvalue weighted by Crippen LogP contribution is 2.35. The number of alkyl halides is 3. The van der Waals surface area contributed by atoms with E-state index in [0.717, 1.165) is 17.4 Å². The molecule has 2 aromatic rings. The third-order valence-corrected chi connectivity index (χ3v) is 3.72. The van der Waals surface area contributed by atoms with Crippen LogP contribution in [0.2, 0.25) is 4.47 Å². The van der Waals surface area contributed by atoms with Crippen LogP contribution >= 0.6 is 22.9 Å². The van der Waals surface area contributed by atoms with E-state index < -0.39 is 17.6 Å². The number of para-hydroxylation sites is 1. The van der Waals surface area contributed by atoms with Crippen LogP contribution in [0.5, 0.6) is 0 Å². The summed E-state index contributed by atoms with van der Waals surface area (Å²) in [7, 11) is 0. The van der Waals surface area contributed by atoms with E-state index in [9.17, 15) is 18.0 Å². The number of anilines is 1. The van der Waals surface area contributed by atoms with Crippen LogP contribution in [0.25, 0.3) is 0 Å². The molecule has 3 nitrogen and oxygen atoms in total. The quantitative estimate of drug-likeness (QED) is 0.892. The minimum Gasteiger partial charge on any atom is -0.321 e. The second kappa shape index (κ2) is 5.41. The fourth-order valence-electron chi connectivity index (χ4n) is 1.59. The molecule has 1 aromatic heterocycles. The first-order chi connectivity index (χ1) is 9.29. The maximum absolute atomic E-state index is 12.8. The maximum Gasteiger partial charge on any atom is 0.418 e. The Bertz CT molecular complexity index is 654. The fourth-order valence-corrected chi connectivity index (χ4v) is 2.64. The van der Waals surface area contributed by atoms with E-state index >= 15 is 0 Å². The van der Waals surface area contributed by atoms with Gasteiger partial charge in [0.2, 0.25) is 0 Å². The van der Waals surface area contributed by atoms with Crippen LogP contribution in [0.1, 0.15) is 20.9 Å². The van der Waals surface area contributed by atoms with Gasteiger partial charge in [0.25, 0.3) is 5.91 Å². The molecule has 0 saturated carbocycles. The van der Waals surface area contributed by atoms with E-state index in [2.05, 4.69) is 10.3 Å². The van der Waals surface area contributed by atoms with Gasteiger partial charge in [0.05, 0.1) is 16.9 Å². The topological polar surface area (TPSA) is 42.0 Å². The molecule has 8 heteroatoms. The Kier molecular flexibility index (Phi) is 4.01. The first kappa shape index (κ1) is 14.8. The Morgan fingerprint density at radius 2 is 2.00 bits per heavy atom. The summed E-state index contributed by atoms with van der Waals surface area (Å²) in [5.41, 5.74) is -0.822. The Labute approximate surface area is 121 Å². The SMILES string of the molecule is Cc1nc(Cl)sc1C(=O)Nc1ccccc1C(F)(F)F. The van der Waals surface area contributed by atoms with Crippen molar-refractivity contribution in [3.8, 4) is 0 Å². The molecule has 20 heavy (non-hydrogen) atoms. The molecule has 106 valence electrons. The minimum absolute atomic E-state index is 0.164. The van der Waals surface area contributed by atoms with Crippen LogP contribution in [0.15, 0.2) is 24.3 Å². The van der Waals surface area contributed by atoms with Gasteiger partial charge in [0.1, 0.15) is 4.88 Å². The van der Waals surface area contributed by atoms with Gasteiger partial charge in [-0.15, -0.1) is 0 Å². The molecule has 0 spiro atoms. The molecule has 0 fully saturated rings. The van der Waals surface area contributed by atoms with E-state index in [0.29, 0.717) is 5.69 Å².